The largest absolute Gasteiger partial charge is 0.384 e. The quantitative estimate of drug-likeness (QED) is 0.837. The van der Waals surface area contributed by atoms with Crippen molar-refractivity contribution in [1.82, 2.24) is 10.3 Å². The van der Waals surface area contributed by atoms with E-state index in [9.17, 15) is 4.79 Å². The minimum absolute atomic E-state index is 0.0271. The highest BCUT2D eigenvalue weighted by Gasteiger charge is 2.18. The SMILES string of the molecule is CCc1cc(C(=O)NC2CCCC2)cc(N)n1. The maximum Gasteiger partial charge on any atom is 0.251 e. The van der Waals surface area contributed by atoms with Gasteiger partial charge in [0.1, 0.15) is 5.82 Å². The van der Waals surface area contributed by atoms with Crippen LogP contribution >= 0.6 is 0 Å². The average molecular weight is 233 g/mol. The number of carbonyl (C=O) groups excluding carboxylic acids is 1. The molecule has 0 radical (unpaired) electrons. The van der Waals surface area contributed by atoms with Gasteiger partial charge in [-0.2, -0.15) is 0 Å². The molecule has 0 atom stereocenters. The van der Waals surface area contributed by atoms with Crippen LogP contribution in [0.25, 0.3) is 0 Å². The number of carbonyl (C=O) groups is 1. The highest BCUT2D eigenvalue weighted by molar-refractivity contribution is 5.95. The van der Waals surface area contributed by atoms with Crippen LogP contribution in [0.4, 0.5) is 5.82 Å². The van der Waals surface area contributed by atoms with Gasteiger partial charge in [-0.1, -0.05) is 19.8 Å². The number of rotatable bonds is 3. The fourth-order valence-electron chi connectivity index (χ4n) is 2.26. The van der Waals surface area contributed by atoms with Crippen LogP contribution in [0, 0.1) is 0 Å². The topological polar surface area (TPSA) is 68.0 Å². The van der Waals surface area contributed by atoms with Gasteiger partial charge in [-0.05, 0) is 31.4 Å². The molecule has 1 aromatic rings. The smallest absolute Gasteiger partial charge is 0.251 e. The molecule has 1 aliphatic rings. The number of nitrogens with zero attached hydrogens (tertiary/aromatic N) is 1. The second kappa shape index (κ2) is 5.17. The third kappa shape index (κ3) is 2.96. The summed E-state index contributed by atoms with van der Waals surface area (Å²) >= 11 is 0. The summed E-state index contributed by atoms with van der Waals surface area (Å²) in [5.41, 5.74) is 7.18. The molecule has 0 unspecified atom stereocenters. The van der Waals surface area contributed by atoms with Crippen molar-refractivity contribution >= 4 is 11.7 Å². The van der Waals surface area contributed by atoms with E-state index in [1.54, 1.807) is 6.07 Å². The standard InChI is InChI=1S/C13H19N3O/c1-2-10-7-9(8-12(14)15-10)13(17)16-11-5-3-4-6-11/h7-8,11H,2-6H2,1H3,(H2,14,15)(H,16,17). The van der Waals surface area contributed by atoms with Gasteiger partial charge in [0.05, 0.1) is 0 Å². The number of nitrogens with one attached hydrogen (secondary N) is 1. The van der Waals surface area contributed by atoms with Crippen LogP contribution in [-0.2, 0) is 6.42 Å². The van der Waals surface area contributed by atoms with Crippen LogP contribution in [0.5, 0.6) is 0 Å². The summed E-state index contributed by atoms with van der Waals surface area (Å²) in [5, 5.41) is 3.05. The molecule has 17 heavy (non-hydrogen) atoms. The molecule has 92 valence electrons. The van der Waals surface area contributed by atoms with E-state index in [-0.39, 0.29) is 5.91 Å². The van der Waals surface area contributed by atoms with E-state index in [1.165, 1.54) is 12.8 Å². The van der Waals surface area contributed by atoms with Gasteiger partial charge in [0.15, 0.2) is 0 Å². The number of nitrogens with two attached hydrogens (primary N) is 1. The fraction of sp³-hybridized carbons (Fsp3) is 0.538. The van der Waals surface area contributed by atoms with Gasteiger partial charge in [-0.25, -0.2) is 4.98 Å². The molecule has 1 heterocycles. The number of anilines is 1. The van der Waals surface area contributed by atoms with Crippen LogP contribution in [0.1, 0.15) is 48.7 Å². The second-order valence-corrected chi connectivity index (χ2v) is 4.58. The van der Waals surface area contributed by atoms with Gasteiger partial charge >= 0.3 is 0 Å². The molecule has 1 saturated carbocycles. The Hall–Kier alpha value is -1.58. The van der Waals surface area contributed by atoms with E-state index in [2.05, 4.69) is 10.3 Å². The fourth-order valence-corrected chi connectivity index (χ4v) is 2.26. The summed E-state index contributed by atoms with van der Waals surface area (Å²) in [6, 6.07) is 3.80. The Morgan fingerprint density at radius 3 is 2.82 bits per heavy atom. The summed E-state index contributed by atoms with van der Waals surface area (Å²) in [7, 11) is 0. The van der Waals surface area contributed by atoms with Gasteiger partial charge in [-0.15, -0.1) is 0 Å². The molecule has 1 fully saturated rings. The van der Waals surface area contributed by atoms with Crippen LogP contribution in [-0.4, -0.2) is 16.9 Å². The molecule has 1 amide bonds. The first-order valence-electron chi connectivity index (χ1n) is 6.26. The molecule has 1 aliphatic carbocycles. The third-order valence-electron chi connectivity index (χ3n) is 3.21. The van der Waals surface area contributed by atoms with E-state index < -0.39 is 0 Å². The summed E-state index contributed by atoms with van der Waals surface area (Å²) in [4.78, 5) is 16.2. The van der Waals surface area contributed by atoms with E-state index in [0.29, 0.717) is 17.4 Å². The predicted octanol–water partition coefficient (Wildman–Crippen LogP) is 1.90. The van der Waals surface area contributed by atoms with E-state index >= 15 is 0 Å². The van der Waals surface area contributed by atoms with Crippen molar-refractivity contribution in [3.05, 3.63) is 23.4 Å². The molecule has 1 aromatic heterocycles. The average Bonchev–Trinajstić information content (AvgIpc) is 2.81. The molecular weight excluding hydrogens is 214 g/mol. The highest BCUT2D eigenvalue weighted by atomic mass is 16.1. The molecule has 3 N–H and O–H groups in total. The van der Waals surface area contributed by atoms with Gasteiger partial charge in [0.25, 0.3) is 5.91 Å². The first-order valence-corrected chi connectivity index (χ1v) is 6.26. The lowest BCUT2D eigenvalue weighted by atomic mass is 10.1. The number of amides is 1. The molecular formula is C13H19N3O. The summed E-state index contributed by atoms with van der Waals surface area (Å²) in [5.74, 6) is 0.390. The van der Waals surface area contributed by atoms with Crippen molar-refractivity contribution in [2.75, 3.05) is 5.73 Å². The molecule has 0 aliphatic heterocycles. The van der Waals surface area contributed by atoms with Gasteiger partial charge in [-0.3, -0.25) is 4.79 Å². The zero-order chi connectivity index (χ0) is 12.3. The predicted molar refractivity (Wildman–Crippen MR) is 67.7 cm³/mol. The molecule has 0 bridgehead atoms. The van der Waals surface area contributed by atoms with E-state index in [4.69, 9.17) is 5.73 Å². The molecule has 2 rings (SSSR count). The number of hydrogen-bond acceptors (Lipinski definition) is 3. The van der Waals surface area contributed by atoms with Crippen LogP contribution in [0.15, 0.2) is 12.1 Å². The Bertz CT molecular complexity index is 411. The second-order valence-electron chi connectivity index (χ2n) is 4.58. The van der Waals surface area contributed by atoms with Crippen LogP contribution < -0.4 is 11.1 Å². The molecule has 0 aromatic carbocycles. The lowest BCUT2D eigenvalue weighted by Crippen LogP contribution is -2.32. The van der Waals surface area contributed by atoms with Crippen molar-refractivity contribution in [1.29, 1.82) is 0 Å². The minimum Gasteiger partial charge on any atom is -0.384 e. The Kier molecular flexibility index (Phi) is 3.61. The van der Waals surface area contributed by atoms with Crippen molar-refractivity contribution in [2.24, 2.45) is 0 Å². The van der Waals surface area contributed by atoms with Crippen molar-refractivity contribution in [2.45, 2.75) is 45.1 Å². The molecule has 4 heteroatoms. The number of hydrogen-bond donors (Lipinski definition) is 2. The zero-order valence-electron chi connectivity index (χ0n) is 10.2. The van der Waals surface area contributed by atoms with Crippen molar-refractivity contribution in [3.63, 3.8) is 0 Å². The van der Waals surface area contributed by atoms with Gasteiger partial charge in [0.2, 0.25) is 0 Å². The zero-order valence-corrected chi connectivity index (χ0v) is 10.2. The maximum absolute atomic E-state index is 12.0. The summed E-state index contributed by atoms with van der Waals surface area (Å²) < 4.78 is 0. The minimum atomic E-state index is -0.0271. The van der Waals surface area contributed by atoms with Gasteiger partial charge in [0, 0.05) is 17.3 Å². The normalized spacial score (nSPS) is 16.1. The maximum atomic E-state index is 12.0. The lowest BCUT2D eigenvalue weighted by molar-refractivity contribution is 0.0937. The molecule has 0 saturated heterocycles. The van der Waals surface area contributed by atoms with Crippen LogP contribution in [0.2, 0.25) is 0 Å². The third-order valence-corrected chi connectivity index (χ3v) is 3.21. The number of pyridine rings is 1. The Morgan fingerprint density at radius 1 is 1.47 bits per heavy atom. The van der Waals surface area contributed by atoms with E-state index in [1.807, 2.05) is 13.0 Å². The number of aryl methyl sites for hydroxylation is 1. The first kappa shape index (κ1) is 11.9. The number of nitrogen functional groups attached to an aromatic ring is 1. The molecule has 0 spiro atoms. The first-order chi connectivity index (χ1) is 8.19. The summed E-state index contributed by atoms with van der Waals surface area (Å²) in [6.07, 6.45) is 5.39. The van der Waals surface area contributed by atoms with Crippen LogP contribution in [0.3, 0.4) is 0 Å². The van der Waals surface area contributed by atoms with Crippen molar-refractivity contribution < 1.29 is 4.79 Å². The van der Waals surface area contributed by atoms with E-state index in [0.717, 1.165) is 25.0 Å². The lowest BCUT2D eigenvalue weighted by Gasteiger charge is -2.12. The monoisotopic (exact) mass is 233 g/mol. The van der Waals surface area contributed by atoms with Gasteiger partial charge < -0.3 is 11.1 Å². The molecule has 4 nitrogen and oxygen atoms in total. The highest BCUT2D eigenvalue weighted by Crippen LogP contribution is 2.18. The Morgan fingerprint density at radius 2 is 2.18 bits per heavy atom. The number of aromatic nitrogens is 1. The summed E-state index contributed by atoms with van der Waals surface area (Å²) in [6.45, 7) is 2.00. The Labute approximate surface area is 102 Å². The Balaban J connectivity index is 2.09. The van der Waals surface area contributed by atoms with Crippen molar-refractivity contribution in [3.8, 4) is 0 Å².